The van der Waals surface area contributed by atoms with E-state index in [0.717, 1.165) is 0 Å². The second kappa shape index (κ2) is 3.48. The van der Waals surface area contributed by atoms with Gasteiger partial charge in [0.2, 0.25) is 0 Å². The molecule has 0 aromatic heterocycles. The number of carbonyl (C=O) groups excluding carboxylic acids is 1. The fraction of sp³-hybridized carbons (Fsp3) is 0.875. The lowest BCUT2D eigenvalue weighted by Gasteiger charge is -2.37. The van der Waals surface area contributed by atoms with Crippen LogP contribution in [0.4, 0.5) is 0 Å². The van der Waals surface area contributed by atoms with E-state index in [4.69, 9.17) is 10.3 Å². The molecule has 0 aromatic carbocycles. The van der Waals surface area contributed by atoms with Gasteiger partial charge in [-0.3, -0.25) is 4.79 Å². The number of carbonyl (C=O) groups is 1. The van der Waals surface area contributed by atoms with Crippen LogP contribution in [-0.2, 0) is 9.53 Å². The molecule has 0 aromatic rings. The van der Waals surface area contributed by atoms with Gasteiger partial charge in [-0.05, 0) is 26.3 Å². The number of nitrogens with zero attached hydrogens (tertiary/aromatic N) is 3. The van der Waals surface area contributed by atoms with Crippen molar-refractivity contribution in [3.8, 4) is 0 Å². The van der Waals surface area contributed by atoms with Crippen LogP contribution in [0.3, 0.4) is 0 Å². The fourth-order valence-electron chi connectivity index (χ4n) is 1.08. The smallest absolute Gasteiger partial charge is 0.321 e. The summed E-state index contributed by atoms with van der Waals surface area (Å²) in [7, 11) is 0. The van der Waals surface area contributed by atoms with Crippen LogP contribution in [0.1, 0.15) is 20.8 Å². The molecule has 1 aliphatic heterocycles. The summed E-state index contributed by atoms with van der Waals surface area (Å²) in [5.74, 6) is -0.457. The van der Waals surface area contributed by atoms with Crippen LogP contribution in [0, 0.1) is 0 Å². The van der Waals surface area contributed by atoms with Gasteiger partial charge in [0.15, 0.2) is 5.54 Å². The van der Waals surface area contributed by atoms with Crippen LogP contribution in [0.15, 0.2) is 5.11 Å². The maximum Gasteiger partial charge on any atom is 0.321 e. The molecule has 6 heteroatoms. The molecule has 0 radical (unpaired) electrons. The van der Waals surface area contributed by atoms with Crippen molar-refractivity contribution < 1.29 is 9.53 Å². The predicted octanol–water partition coefficient (Wildman–Crippen LogP) is 0.980. The zero-order valence-corrected chi connectivity index (χ0v) is 8.57. The zero-order chi connectivity index (χ0) is 10.8. The average molecular weight is 198 g/mol. The molecule has 0 amide bonds. The Morgan fingerprint density at radius 2 is 2.14 bits per heavy atom. The summed E-state index contributed by atoms with van der Waals surface area (Å²) in [6, 6.07) is 0. The highest BCUT2D eigenvalue weighted by atomic mass is 16.6. The summed E-state index contributed by atoms with van der Waals surface area (Å²) in [6.45, 7) is 6.04. The minimum absolute atomic E-state index is 0.353. The van der Waals surface area contributed by atoms with E-state index in [0.29, 0.717) is 13.1 Å². The van der Waals surface area contributed by atoms with Gasteiger partial charge < -0.3 is 10.1 Å². The molecule has 1 heterocycles. The van der Waals surface area contributed by atoms with Crippen LogP contribution in [-0.4, -0.2) is 30.2 Å². The van der Waals surface area contributed by atoms with Crippen molar-refractivity contribution in [3.63, 3.8) is 0 Å². The van der Waals surface area contributed by atoms with Gasteiger partial charge in [-0.15, -0.1) is 0 Å². The van der Waals surface area contributed by atoms with Crippen molar-refractivity contribution in [3.05, 3.63) is 10.4 Å². The lowest BCUT2D eigenvalue weighted by Crippen LogP contribution is -2.64. The van der Waals surface area contributed by atoms with Gasteiger partial charge in [-0.1, -0.05) is 5.11 Å². The van der Waals surface area contributed by atoms with Gasteiger partial charge in [-0.2, -0.15) is 0 Å². The summed E-state index contributed by atoms with van der Waals surface area (Å²) in [5, 5.41) is 6.38. The minimum atomic E-state index is -1.03. The van der Waals surface area contributed by atoms with E-state index in [1.54, 1.807) is 20.8 Å². The lowest BCUT2D eigenvalue weighted by molar-refractivity contribution is -0.163. The Balaban J connectivity index is 2.71. The summed E-state index contributed by atoms with van der Waals surface area (Å²) >= 11 is 0. The van der Waals surface area contributed by atoms with Crippen molar-refractivity contribution in [2.24, 2.45) is 5.11 Å². The first-order valence-corrected chi connectivity index (χ1v) is 4.40. The van der Waals surface area contributed by atoms with E-state index in [1.807, 2.05) is 0 Å². The predicted molar refractivity (Wildman–Crippen MR) is 50.6 cm³/mol. The van der Waals surface area contributed by atoms with Gasteiger partial charge in [0.1, 0.15) is 5.60 Å². The van der Waals surface area contributed by atoms with E-state index < -0.39 is 17.1 Å². The van der Waals surface area contributed by atoms with Crippen LogP contribution < -0.4 is 5.32 Å². The third-order valence-electron chi connectivity index (χ3n) is 1.85. The summed E-state index contributed by atoms with van der Waals surface area (Å²) in [5.41, 5.74) is 6.76. The van der Waals surface area contributed by atoms with E-state index in [2.05, 4.69) is 15.3 Å². The number of azide groups is 1. The standard InChI is InChI=1S/C8H14N4O2/c1-7(2,3)14-6(13)8(11-12-9)4-10-5-8/h10H,4-5H2,1-3H3. The van der Waals surface area contributed by atoms with E-state index >= 15 is 0 Å². The largest absolute Gasteiger partial charge is 0.459 e. The van der Waals surface area contributed by atoms with Crippen LogP contribution in [0.5, 0.6) is 0 Å². The second-order valence-corrected chi connectivity index (χ2v) is 4.33. The monoisotopic (exact) mass is 198 g/mol. The molecule has 0 saturated carbocycles. The summed E-state index contributed by atoms with van der Waals surface area (Å²) in [4.78, 5) is 14.3. The molecule has 0 atom stereocenters. The number of hydrogen-bond acceptors (Lipinski definition) is 4. The van der Waals surface area contributed by atoms with Crippen molar-refractivity contribution in [1.29, 1.82) is 0 Å². The summed E-state index contributed by atoms with van der Waals surface area (Å²) in [6.07, 6.45) is 0. The maximum atomic E-state index is 11.6. The molecule has 78 valence electrons. The Bertz CT molecular complexity index is 284. The second-order valence-electron chi connectivity index (χ2n) is 4.33. The number of hydrogen-bond donors (Lipinski definition) is 1. The highest BCUT2D eigenvalue weighted by Crippen LogP contribution is 2.22. The quantitative estimate of drug-likeness (QED) is 0.310. The van der Waals surface area contributed by atoms with Gasteiger partial charge in [0.25, 0.3) is 0 Å². The zero-order valence-electron chi connectivity index (χ0n) is 8.57. The van der Waals surface area contributed by atoms with Crippen LogP contribution in [0.2, 0.25) is 0 Å². The van der Waals surface area contributed by atoms with Crippen molar-refractivity contribution in [2.45, 2.75) is 31.9 Å². The van der Waals surface area contributed by atoms with Gasteiger partial charge in [-0.25, -0.2) is 0 Å². The highest BCUT2D eigenvalue weighted by molar-refractivity contribution is 5.83. The van der Waals surface area contributed by atoms with Crippen molar-refractivity contribution in [2.75, 3.05) is 13.1 Å². The Labute approximate surface area is 82.2 Å². The number of nitrogens with one attached hydrogen (secondary N) is 1. The van der Waals surface area contributed by atoms with E-state index in [9.17, 15) is 4.79 Å². The fourth-order valence-corrected chi connectivity index (χ4v) is 1.08. The molecule has 1 fully saturated rings. The molecule has 0 spiro atoms. The molecule has 14 heavy (non-hydrogen) atoms. The summed E-state index contributed by atoms with van der Waals surface area (Å²) < 4.78 is 5.15. The first-order chi connectivity index (χ1) is 6.40. The average Bonchev–Trinajstić information content (AvgIpc) is 1.92. The molecule has 1 saturated heterocycles. The highest BCUT2D eigenvalue weighted by Gasteiger charge is 2.46. The number of esters is 1. The van der Waals surface area contributed by atoms with Gasteiger partial charge in [0.05, 0.1) is 0 Å². The topological polar surface area (TPSA) is 87.1 Å². The van der Waals surface area contributed by atoms with Crippen LogP contribution >= 0.6 is 0 Å². The normalized spacial score (nSPS) is 19.1. The Morgan fingerprint density at radius 3 is 2.43 bits per heavy atom. The van der Waals surface area contributed by atoms with E-state index in [1.165, 1.54) is 0 Å². The van der Waals surface area contributed by atoms with Crippen LogP contribution in [0.25, 0.3) is 10.4 Å². The molecule has 0 unspecified atom stereocenters. The first-order valence-electron chi connectivity index (χ1n) is 4.40. The molecule has 0 aliphatic carbocycles. The minimum Gasteiger partial charge on any atom is -0.459 e. The van der Waals surface area contributed by atoms with Gasteiger partial charge >= 0.3 is 5.97 Å². The third kappa shape index (κ3) is 2.16. The van der Waals surface area contributed by atoms with Crippen molar-refractivity contribution >= 4 is 5.97 Å². The van der Waals surface area contributed by atoms with E-state index in [-0.39, 0.29) is 0 Å². The molecular formula is C8H14N4O2. The first kappa shape index (κ1) is 10.8. The number of rotatable bonds is 2. The maximum absolute atomic E-state index is 11.6. The Kier molecular flexibility index (Phi) is 2.69. The molecule has 0 bridgehead atoms. The SMILES string of the molecule is CC(C)(C)OC(=O)C1(N=[N+]=[N-])CNC1. The lowest BCUT2D eigenvalue weighted by atomic mass is 9.93. The Hall–Kier alpha value is -1.26. The molecule has 6 nitrogen and oxygen atoms in total. The third-order valence-corrected chi connectivity index (χ3v) is 1.85. The molecule has 1 aliphatic rings. The molecular weight excluding hydrogens is 184 g/mol. The van der Waals surface area contributed by atoms with Crippen molar-refractivity contribution in [1.82, 2.24) is 5.32 Å². The molecule has 1 rings (SSSR count). The Morgan fingerprint density at radius 1 is 1.57 bits per heavy atom. The molecule has 1 N–H and O–H groups in total. The number of ether oxygens (including phenoxy) is 1. The van der Waals surface area contributed by atoms with Gasteiger partial charge in [0, 0.05) is 18.0 Å².